The molecule has 40 heteroatoms. The van der Waals surface area contributed by atoms with Crippen molar-refractivity contribution in [3.63, 3.8) is 0 Å². The SMILES string of the molecule is CC1C(OCCOCCOCCNC(=O)CCOCC(COCCC(=O)NCCOCCOCCOC2OC(CO)C(O)C(O)C2C)(COCCC(=O)NCCOCCOCCOC2OC(CO)C(O)C(O)C2C)CC(=O)CCCCCCCCCCC(=O)NCCOC(C)(C)OCCNC(=O)CCN2C(=O)C=CC2=O)OC(CO)C(O)C1O. The number of carbonyl (C=O) groups is 8. The van der Waals surface area contributed by atoms with Gasteiger partial charge in [0.15, 0.2) is 24.7 Å². The van der Waals surface area contributed by atoms with E-state index >= 15 is 0 Å². The molecule has 0 aromatic rings. The van der Waals surface area contributed by atoms with E-state index in [9.17, 15) is 84.3 Å². The number of nitrogens with one attached hydrogen (secondary N) is 5. The molecule has 119 heavy (non-hydrogen) atoms. The second-order valence-electron chi connectivity index (χ2n) is 30.2. The van der Waals surface area contributed by atoms with Gasteiger partial charge in [-0.25, -0.2) is 0 Å². The number of ketones is 1. The first-order chi connectivity index (χ1) is 57.2. The first-order valence-electron chi connectivity index (χ1n) is 41.8. The highest BCUT2D eigenvalue weighted by molar-refractivity contribution is 6.13. The van der Waals surface area contributed by atoms with Gasteiger partial charge in [0, 0.05) is 120 Å². The van der Waals surface area contributed by atoms with Crippen LogP contribution >= 0.6 is 0 Å². The maximum absolute atomic E-state index is 14.1. The Morgan fingerprint density at radius 2 is 0.647 bits per heavy atom. The molecule has 0 aliphatic carbocycles. The molecule has 0 radical (unpaired) electrons. The minimum Gasteiger partial charge on any atom is -0.394 e. The molecule has 7 amide bonds. The molecule has 4 aliphatic rings. The van der Waals surface area contributed by atoms with E-state index < -0.39 is 134 Å². The summed E-state index contributed by atoms with van der Waals surface area (Å²) in [6.45, 7) is 10.6. The molecular weight excluding hydrogens is 1580 g/mol. The molecule has 40 nitrogen and oxygen atoms in total. The van der Waals surface area contributed by atoms with Crippen LogP contribution in [0.1, 0.15) is 131 Å². The summed E-state index contributed by atoms with van der Waals surface area (Å²) in [5.74, 6) is -5.04. The van der Waals surface area contributed by atoms with E-state index in [4.69, 9.17) is 80.5 Å². The van der Waals surface area contributed by atoms with Crippen molar-refractivity contribution in [2.24, 2.45) is 23.2 Å². The van der Waals surface area contributed by atoms with Crippen LogP contribution in [0.3, 0.4) is 0 Å². The Morgan fingerprint density at radius 1 is 0.361 bits per heavy atom. The van der Waals surface area contributed by atoms with Gasteiger partial charge in [-0.2, -0.15) is 0 Å². The fraction of sp³-hybridized carbons (Fsp3) is 0.873. The van der Waals surface area contributed by atoms with Crippen LogP contribution in [0, 0.1) is 23.2 Å². The Balaban J connectivity index is 1.23. The van der Waals surface area contributed by atoms with Gasteiger partial charge in [0.05, 0.1) is 190 Å². The monoisotopic (exact) mass is 1720 g/mol. The second-order valence-corrected chi connectivity index (χ2v) is 30.2. The smallest absolute Gasteiger partial charge is 0.253 e. The number of hydrogen-bond donors (Lipinski definition) is 14. The van der Waals surface area contributed by atoms with Crippen molar-refractivity contribution in [2.75, 3.05) is 211 Å². The summed E-state index contributed by atoms with van der Waals surface area (Å²) in [5, 5.41) is 104. The van der Waals surface area contributed by atoms with Gasteiger partial charge in [0.2, 0.25) is 29.5 Å². The quantitative estimate of drug-likeness (QED) is 0.0165. The van der Waals surface area contributed by atoms with E-state index in [2.05, 4.69) is 26.6 Å². The molecule has 690 valence electrons. The summed E-state index contributed by atoms with van der Waals surface area (Å²) in [6, 6.07) is 0. The Bertz CT molecular complexity index is 2620. The highest BCUT2D eigenvalue weighted by atomic mass is 16.7. The standard InChI is InChI=1S/C79H140N6O34/c1-55-69(97)72(100)59(49-86)117-75(55)112-45-42-106-39-36-103-31-22-80-64(92)19-28-109-52-79(53-110-29-20-65(93)81-23-32-104-37-40-107-43-46-113-76-56(2)70(98)73(101)60(50-87)118-76,54-111-30-21-66(94)82-24-33-105-38-41-108-44-47-114-77-57(3)71(99)74(102)61(51-88)119-77)48-58(89)14-12-10-8-6-7-9-11-13-15-62(90)83-25-34-115-78(4,5)116-35-26-84-63(91)18-27-85-67(95)16-17-68(85)96/h16-17,55-57,59-61,69-77,86-88,97-102H,6-15,18-54H2,1-5H3,(H,80,92)(H,81,93)(H,82,94)(H,83,90)(H,84,91). The average molecular weight is 1720 g/mol. The maximum atomic E-state index is 14.1. The Morgan fingerprint density at radius 3 is 0.983 bits per heavy atom. The number of amides is 7. The van der Waals surface area contributed by atoms with Crippen LogP contribution in [0.5, 0.6) is 0 Å². The minimum absolute atomic E-state index is 0.0174. The van der Waals surface area contributed by atoms with Gasteiger partial charge in [0.25, 0.3) is 11.8 Å². The fourth-order valence-electron chi connectivity index (χ4n) is 12.8. The van der Waals surface area contributed by atoms with E-state index in [1.54, 1.807) is 34.6 Å². The molecule has 14 N–H and O–H groups in total. The third-order valence-corrected chi connectivity index (χ3v) is 20.0. The van der Waals surface area contributed by atoms with E-state index in [1.165, 1.54) is 0 Å². The van der Waals surface area contributed by atoms with Gasteiger partial charge in [-0.15, -0.1) is 0 Å². The third kappa shape index (κ3) is 44.8. The number of aliphatic hydroxyl groups is 9. The summed E-state index contributed by atoms with van der Waals surface area (Å²) >= 11 is 0. The number of rotatable bonds is 72. The lowest BCUT2D eigenvalue weighted by Crippen LogP contribution is -2.55. The molecule has 0 aromatic carbocycles. The summed E-state index contributed by atoms with van der Waals surface area (Å²) in [4.78, 5) is 102. The zero-order chi connectivity index (χ0) is 87.1. The molecule has 4 aliphatic heterocycles. The fourth-order valence-corrected chi connectivity index (χ4v) is 12.8. The normalized spacial score (nSPS) is 24.5. The number of imide groups is 1. The van der Waals surface area contributed by atoms with Crippen molar-refractivity contribution in [1.29, 1.82) is 0 Å². The minimum atomic E-state index is -1.24. The highest BCUT2D eigenvalue weighted by Crippen LogP contribution is 2.31. The molecule has 4 rings (SSSR count). The number of Topliss-reactive ketones (excluding diaryl/α,β-unsaturated/α-hetero) is 1. The van der Waals surface area contributed by atoms with Crippen LogP contribution in [0.2, 0.25) is 0 Å². The second kappa shape index (κ2) is 62.9. The van der Waals surface area contributed by atoms with Crippen molar-refractivity contribution in [3.8, 4) is 0 Å². The lowest BCUT2D eigenvalue weighted by Gasteiger charge is -2.40. The lowest BCUT2D eigenvalue weighted by atomic mass is 9.84. The van der Waals surface area contributed by atoms with Crippen LogP contribution in [0.25, 0.3) is 0 Å². The number of hydrogen-bond acceptors (Lipinski definition) is 34. The van der Waals surface area contributed by atoms with E-state index in [1.807, 2.05) is 0 Å². The molecule has 3 saturated heterocycles. The summed E-state index contributed by atoms with van der Waals surface area (Å²) < 4.78 is 97.3. The third-order valence-electron chi connectivity index (χ3n) is 20.0. The van der Waals surface area contributed by atoms with Gasteiger partial charge in [0.1, 0.15) is 42.4 Å². The Kier molecular flexibility index (Phi) is 56.1. The van der Waals surface area contributed by atoms with Crippen LogP contribution in [-0.4, -0.2) is 389 Å². The number of ether oxygens (including phenoxy) is 17. The number of unbranched alkanes of at least 4 members (excludes halogenated alkanes) is 7. The molecule has 15 unspecified atom stereocenters. The van der Waals surface area contributed by atoms with Crippen molar-refractivity contribution in [2.45, 2.75) is 211 Å². The number of aliphatic hydroxyl groups excluding tert-OH is 9. The van der Waals surface area contributed by atoms with E-state index in [-0.39, 0.29) is 265 Å². The molecule has 0 bridgehead atoms. The van der Waals surface area contributed by atoms with Crippen molar-refractivity contribution >= 4 is 47.1 Å². The predicted octanol–water partition coefficient (Wildman–Crippen LogP) is -2.91. The van der Waals surface area contributed by atoms with Gasteiger partial charge in [-0.05, 0) is 26.7 Å². The Hall–Kier alpha value is -5.14. The zero-order valence-corrected chi connectivity index (χ0v) is 70.2. The molecule has 15 atom stereocenters. The predicted molar refractivity (Wildman–Crippen MR) is 420 cm³/mol. The highest BCUT2D eigenvalue weighted by Gasteiger charge is 2.45. The number of carbonyl (C=O) groups excluding carboxylic acids is 8. The molecule has 0 saturated carbocycles. The molecular formula is C79H140N6O34. The van der Waals surface area contributed by atoms with Crippen molar-refractivity contribution < 1.29 is 165 Å². The molecule has 0 aromatic heterocycles. The number of nitrogens with zero attached hydrogens (tertiary/aromatic N) is 1. The lowest BCUT2D eigenvalue weighted by molar-refractivity contribution is -0.284. The summed E-state index contributed by atoms with van der Waals surface area (Å²) in [7, 11) is 0. The Labute approximate surface area is 697 Å². The largest absolute Gasteiger partial charge is 0.394 e. The van der Waals surface area contributed by atoms with Gasteiger partial charge in [-0.3, -0.25) is 43.3 Å². The van der Waals surface area contributed by atoms with E-state index in [0.717, 1.165) is 55.6 Å². The summed E-state index contributed by atoms with van der Waals surface area (Å²) in [5.41, 5.74) is -1.14. The first-order valence-corrected chi connectivity index (χ1v) is 41.8. The topological polar surface area (TPSA) is 539 Å². The van der Waals surface area contributed by atoms with Gasteiger partial charge < -0.3 is 153 Å². The zero-order valence-electron chi connectivity index (χ0n) is 70.2. The van der Waals surface area contributed by atoms with E-state index in [0.29, 0.717) is 19.3 Å². The molecule has 0 spiro atoms. The first kappa shape index (κ1) is 106. The maximum Gasteiger partial charge on any atom is 0.253 e. The van der Waals surface area contributed by atoms with Crippen molar-refractivity contribution in [1.82, 2.24) is 31.5 Å². The van der Waals surface area contributed by atoms with Crippen LogP contribution in [0.15, 0.2) is 12.2 Å². The molecule has 3 fully saturated rings. The van der Waals surface area contributed by atoms with Crippen molar-refractivity contribution in [3.05, 3.63) is 12.2 Å². The molecule has 4 heterocycles. The average Bonchev–Trinajstić information content (AvgIpc) is 1.58. The van der Waals surface area contributed by atoms with Gasteiger partial charge in [-0.1, -0.05) is 59.3 Å². The van der Waals surface area contributed by atoms with Crippen LogP contribution in [-0.2, 0) is 119 Å². The summed E-state index contributed by atoms with van der Waals surface area (Å²) in [6.07, 6.45) is -3.28. The van der Waals surface area contributed by atoms with Gasteiger partial charge >= 0.3 is 0 Å². The van der Waals surface area contributed by atoms with Crippen LogP contribution < -0.4 is 26.6 Å². The van der Waals surface area contributed by atoms with Crippen LogP contribution in [0.4, 0.5) is 0 Å².